The second-order valence-electron chi connectivity index (χ2n) is 8.25. The van der Waals surface area contributed by atoms with Crippen molar-refractivity contribution in [3.8, 4) is 5.75 Å². The Kier molecular flexibility index (Phi) is 11.1. The lowest BCUT2D eigenvalue weighted by molar-refractivity contribution is -0.263. The molecule has 0 aliphatic rings. The van der Waals surface area contributed by atoms with Crippen molar-refractivity contribution in [1.82, 2.24) is 14.6 Å². The normalized spacial score (nSPS) is 17.3. The summed E-state index contributed by atoms with van der Waals surface area (Å²) in [6.45, 7) is 0.238. The van der Waals surface area contributed by atoms with E-state index in [1.165, 1.54) is 6.92 Å². The second kappa shape index (κ2) is 13.4. The zero-order chi connectivity index (χ0) is 27.8. The minimum Gasteiger partial charge on any atom is -0.462 e. The van der Waals surface area contributed by atoms with Gasteiger partial charge in [-0.2, -0.15) is 0 Å². The highest BCUT2D eigenvalue weighted by molar-refractivity contribution is 8.09. The van der Waals surface area contributed by atoms with Crippen molar-refractivity contribution in [3.63, 3.8) is 0 Å². The maximum absolute atomic E-state index is 15.9. The largest absolute Gasteiger partial charge is 0.462 e. The van der Waals surface area contributed by atoms with Crippen molar-refractivity contribution >= 4 is 24.4 Å². The highest BCUT2D eigenvalue weighted by Gasteiger charge is 2.43. The molecular weight excluding hydrogens is 532 g/mol. The molecule has 2 unspecified atom stereocenters. The van der Waals surface area contributed by atoms with Crippen molar-refractivity contribution in [2.24, 2.45) is 0 Å². The number of nitrogens with one attached hydrogen (secondary N) is 2. The van der Waals surface area contributed by atoms with Crippen LogP contribution in [0.4, 0.5) is 4.39 Å². The van der Waals surface area contributed by atoms with Gasteiger partial charge in [-0.15, -0.1) is 0 Å². The van der Waals surface area contributed by atoms with Crippen LogP contribution < -0.4 is 20.9 Å². The standard InChI is InChI=1S/C22H31FN3O9PS/c1-14(2)33-20(30)15(3)25-36(37,35-17-8-6-5-7-9-17)32-13-22(23,16(4)28)34-19(12-27)26-11-10-18(29)24-21(26)31/h5-11,14-16,19,27-28H,12-13H2,1-4H3,(H,25,37)(H,24,29,31)/t15?,16-,19+,22+,36?/m0/s1. The quantitative estimate of drug-likeness (QED) is 0.194. The van der Waals surface area contributed by atoms with E-state index in [2.05, 4.69) is 5.09 Å². The Morgan fingerprint density at radius 3 is 2.41 bits per heavy atom. The van der Waals surface area contributed by atoms with Gasteiger partial charge in [0.15, 0.2) is 6.23 Å². The van der Waals surface area contributed by atoms with E-state index in [9.17, 15) is 24.6 Å². The Labute approximate surface area is 217 Å². The number of alkyl halides is 1. The average molecular weight is 564 g/mol. The van der Waals surface area contributed by atoms with Crippen LogP contribution in [0.3, 0.4) is 0 Å². The number of aliphatic hydroxyl groups excluding tert-OH is 2. The molecule has 12 nitrogen and oxygen atoms in total. The van der Waals surface area contributed by atoms with Crippen LogP contribution in [0.1, 0.15) is 33.9 Å². The molecule has 15 heteroatoms. The average Bonchev–Trinajstić information content (AvgIpc) is 2.81. The molecule has 1 aromatic heterocycles. The zero-order valence-corrected chi connectivity index (χ0v) is 22.4. The van der Waals surface area contributed by atoms with Crippen LogP contribution in [0, 0.1) is 0 Å². The number of para-hydroxylation sites is 1. The van der Waals surface area contributed by atoms with Gasteiger partial charge in [0, 0.05) is 12.3 Å². The first-order valence-corrected chi connectivity index (χ1v) is 13.9. The van der Waals surface area contributed by atoms with Crippen LogP contribution in [0.25, 0.3) is 0 Å². The maximum Gasteiger partial charge on any atom is 0.330 e. The van der Waals surface area contributed by atoms with Gasteiger partial charge in [-0.1, -0.05) is 18.2 Å². The number of carbonyl (C=O) groups excluding carboxylic acids is 1. The first-order valence-electron chi connectivity index (χ1n) is 11.2. The van der Waals surface area contributed by atoms with Crippen LogP contribution in [-0.2, 0) is 30.6 Å². The van der Waals surface area contributed by atoms with Gasteiger partial charge in [-0.25, -0.2) is 14.3 Å². The lowest BCUT2D eigenvalue weighted by Gasteiger charge is -2.34. The molecule has 2 aromatic rings. The molecule has 206 valence electrons. The molecule has 2 rings (SSSR count). The van der Waals surface area contributed by atoms with E-state index in [0.717, 1.165) is 23.8 Å². The van der Waals surface area contributed by atoms with Gasteiger partial charge in [0.25, 0.3) is 11.4 Å². The predicted octanol–water partition coefficient (Wildman–Crippen LogP) is 1.34. The Hall–Kier alpha value is -2.45. The van der Waals surface area contributed by atoms with Gasteiger partial charge in [-0.05, 0) is 51.6 Å². The van der Waals surface area contributed by atoms with Crippen LogP contribution in [-0.4, -0.2) is 63.1 Å². The zero-order valence-electron chi connectivity index (χ0n) is 20.7. The summed E-state index contributed by atoms with van der Waals surface area (Å²) in [5, 5.41) is 22.6. The summed E-state index contributed by atoms with van der Waals surface area (Å²) < 4.78 is 38.4. The van der Waals surface area contributed by atoms with Crippen molar-refractivity contribution in [2.75, 3.05) is 13.2 Å². The number of hydrogen-bond acceptors (Lipinski definition) is 10. The number of esters is 1. The third kappa shape index (κ3) is 9.11. The number of rotatable bonds is 14. The lowest BCUT2D eigenvalue weighted by atomic mass is 10.2. The SMILES string of the molecule is CC(C)OC(=O)C(C)NP(=S)(OC[C@@](F)(O[C@H](CO)n1ccc(=O)[nH]c1=O)[C@H](C)O)Oc1ccccc1. The molecule has 4 N–H and O–H groups in total. The molecule has 0 saturated heterocycles. The monoisotopic (exact) mass is 563 g/mol. The number of hydrogen-bond donors (Lipinski definition) is 4. The molecule has 0 radical (unpaired) electrons. The van der Waals surface area contributed by atoms with Crippen molar-refractivity contribution in [1.29, 1.82) is 0 Å². The van der Waals surface area contributed by atoms with Gasteiger partial charge in [0.1, 0.15) is 24.5 Å². The van der Waals surface area contributed by atoms with E-state index in [-0.39, 0.29) is 5.75 Å². The smallest absolute Gasteiger partial charge is 0.330 e. The number of aromatic amines is 1. The Morgan fingerprint density at radius 2 is 1.86 bits per heavy atom. The molecule has 1 heterocycles. The minimum atomic E-state index is -3.70. The molecule has 0 aliphatic heterocycles. The predicted molar refractivity (Wildman–Crippen MR) is 135 cm³/mol. The van der Waals surface area contributed by atoms with Gasteiger partial charge in [0.2, 0.25) is 0 Å². The van der Waals surface area contributed by atoms with Gasteiger partial charge >= 0.3 is 18.3 Å². The fourth-order valence-corrected chi connectivity index (χ4v) is 5.22. The van der Waals surface area contributed by atoms with E-state index in [1.54, 1.807) is 44.2 Å². The molecular formula is C22H31FN3O9PS. The van der Waals surface area contributed by atoms with Gasteiger partial charge < -0.3 is 28.7 Å². The molecule has 0 bridgehead atoms. The molecule has 0 saturated carbocycles. The number of benzene rings is 1. The van der Waals surface area contributed by atoms with Gasteiger partial charge in [0.05, 0.1) is 12.7 Å². The van der Waals surface area contributed by atoms with E-state index in [4.69, 9.17) is 30.3 Å². The van der Waals surface area contributed by atoms with Gasteiger partial charge in [-0.3, -0.25) is 19.1 Å². The first kappa shape index (κ1) is 30.8. The van der Waals surface area contributed by atoms with Crippen molar-refractivity contribution in [3.05, 3.63) is 63.4 Å². The summed E-state index contributed by atoms with van der Waals surface area (Å²) >= 11 is 5.52. The fraction of sp³-hybridized carbons (Fsp3) is 0.500. The Bertz CT molecular complexity index is 1190. The summed E-state index contributed by atoms with van der Waals surface area (Å²) in [6, 6.07) is 8.16. The topological polar surface area (TPSA) is 161 Å². The molecule has 0 spiro atoms. The maximum atomic E-state index is 15.9. The summed E-state index contributed by atoms with van der Waals surface area (Å²) in [5.41, 5.74) is -1.68. The summed E-state index contributed by atoms with van der Waals surface area (Å²) in [7, 11) is 0. The fourth-order valence-electron chi connectivity index (χ4n) is 2.82. The van der Waals surface area contributed by atoms with E-state index < -0.39 is 67.4 Å². The van der Waals surface area contributed by atoms with E-state index in [1.807, 2.05) is 4.98 Å². The minimum absolute atomic E-state index is 0.262. The van der Waals surface area contributed by atoms with Crippen LogP contribution in [0.2, 0.25) is 0 Å². The summed E-state index contributed by atoms with van der Waals surface area (Å²) in [6.07, 6.45) is -2.89. The third-order valence-corrected chi connectivity index (χ3v) is 7.21. The molecule has 0 amide bonds. The molecule has 0 fully saturated rings. The lowest BCUT2D eigenvalue weighted by Crippen LogP contribution is -2.47. The van der Waals surface area contributed by atoms with E-state index in [0.29, 0.717) is 0 Å². The second-order valence-corrected chi connectivity index (χ2v) is 11.4. The summed E-state index contributed by atoms with van der Waals surface area (Å²) in [5.74, 6) is -3.41. The van der Waals surface area contributed by atoms with Crippen molar-refractivity contribution in [2.45, 2.75) is 58.0 Å². The Morgan fingerprint density at radius 1 is 1.22 bits per heavy atom. The van der Waals surface area contributed by atoms with Crippen molar-refractivity contribution < 1.29 is 37.9 Å². The number of carbonyl (C=O) groups is 1. The number of nitrogens with zero attached hydrogens (tertiary/aromatic N) is 1. The molecule has 5 atom stereocenters. The van der Waals surface area contributed by atoms with Crippen LogP contribution in [0.5, 0.6) is 5.75 Å². The molecule has 1 aromatic carbocycles. The highest BCUT2D eigenvalue weighted by atomic mass is 32.5. The molecule has 37 heavy (non-hydrogen) atoms. The van der Waals surface area contributed by atoms with E-state index >= 15 is 4.39 Å². The molecule has 0 aliphatic carbocycles. The first-order chi connectivity index (χ1) is 17.3. The number of halogens is 1. The summed E-state index contributed by atoms with van der Waals surface area (Å²) in [4.78, 5) is 37.7. The number of H-pyrrole nitrogens is 1. The number of aromatic nitrogens is 2. The third-order valence-electron chi connectivity index (χ3n) is 4.73. The van der Waals surface area contributed by atoms with Crippen LogP contribution >= 0.6 is 6.64 Å². The number of ether oxygens (including phenoxy) is 2. The van der Waals surface area contributed by atoms with Crippen LogP contribution in [0.15, 0.2) is 52.2 Å². The Balaban J connectivity index is 2.31. The highest BCUT2D eigenvalue weighted by Crippen LogP contribution is 2.46. The number of aliphatic hydroxyl groups is 2.